The minimum atomic E-state index is -0.971. The van der Waals surface area contributed by atoms with Crippen LogP contribution in [0.2, 0.25) is 0 Å². The van der Waals surface area contributed by atoms with Crippen LogP contribution in [0.15, 0.2) is 36.4 Å². The Hall–Kier alpha value is -3.03. The van der Waals surface area contributed by atoms with E-state index in [4.69, 9.17) is 4.74 Å². The Morgan fingerprint density at radius 1 is 1.19 bits per heavy atom. The van der Waals surface area contributed by atoms with Crippen molar-refractivity contribution in [1.29, 1.82) is 0 Å². The predicted molar refractivity (Wildman–Crippen MR) is 93.7 cm³/mol. The molecule has 0 spiro atoms. The van der Waals surface area contributed by atoms with E-state index in [9.17, 15) is 23.7 Å². The van der Waals surface area contributed by atoms with Crippen molar-refractivity contribution in [2.24, 2.45) is 0 Å². The first-order valence-corrected chi connectivity index (χ1v) is 8.52. The zero-order valence-corrected chi connectivity index (χ0v) is 14.7. The fraction of sp³-hybridized carbons (Fsp3) is 0.316. The van der Waals surface area contributed by atoms with Crippen LogP contribution < -0.4 is 4.74 Å². The van der Waals surface area contributed by atoms with Crippen LogP contribution in [0.3, 0.4) is 0 Å². The quantitative estimate of drug-likeness (QED) is 0.600. The Morgan fingerprint density at radius 3 is 2.52 bits per heavy atom. The first-order valence-electron chi connectivity index (χ1n) is 8.52. The van der Waals surface area contributed by atoms with Gasteiger partial charge < -0.3 is 9.64 Å². The smallest absolute Gasteiger partial charge is 0.273 e. The van der Waals surface area contributed by atoms with Gasteiger partial charge in [0.1, 0.15) is 11.9 Å². The van der Waals surface area contributed by atoms with Crippen molar-refractivity contribution in [2.45, 2.75) is 25.9 Å². The Balaban J connectivity index is 1.63. The molecule has 0 N–H and O–H groups in total. The lowest BCUT2D eigenvalue weighted by Crippen LogP contribution is -2.42. The number of rotatable bonds is 4. The molecule has 2 aromatic carbocycles. The number of carbonyl (C=O) groups excluding carboxylic acids is 1. The predicted octanol–water partition coefficient (Wildman–Crippen LogP) is 3.87. The monoisotopic (exact) mass is 376 g/mol. The number of piperidine rings is 1. The number of hydrogen-bond donors (Lipinski definition) is 0. The number of benzene rings is 2. The molecule has 27 heavy (non-hydrogen) atoms. The second-order valence-electron chi connectivity index (χ2n) is 6.39. The SMILES string of the molecule is Cc1c(C(=O)N2CCC(Oc3ccc(F)c(F)c3)CC2)cccc1[N+](=O)[O-]. The molecule has 1 fully saturated rings. The third-order valence-electron chi connectivity index (χ3n) is 4.66. The number of likely N-dealkylation sites (tertiary alicyclic amines) is 1. The first-order chi connectivity index (χ1) is 12.9. The lowest BCUT2D eigenvalue weighted by atomic mass is 10.0. The first kappa shape index (κ1) is 18.8. The van der Waals surface area contributed by atoms with E-state index < -0.39 is 16.6 Å². The normalized spacial score (nSPS) is 14.9. The van der Waals surface area contributed by atoms with Crippen LogP contribution in [0.1, 0.15) is 28.8 Å². The molecule has 3 rings (SSSR count). The lowest BCUT2D eigenvalue weighted by Gasteiger charge is -2.32. The molecule has 0 aromatic heterocycles. The average molecular weight is 376 g/mol. The van der Waals surface area contributed by atoms with Crippen LogP contribution in [-0.4, -0.2) is 34.9 Å². The van der Waals surface area contributed by atoms with Gasteiger partial charge in [-0.2, -0.15) is 0 Å². The van der Waals surface area contributed by atoms with Crippen molar-refractivity contribution >= 4 is 11.6 Å². The molecule has 1 heterocycles. The van der Waals surface area contributed by atoms with E-state index in [1.165, 1.54) is 18.2 Å². The van der Waals surface area contributed by atoms with Gasteiger partial charge in [0, 0.05) is 49.2 Å². The van der Waals surface area contributed by atoms with Gasteiger partial charge in [0.05, 0.1) is 4.92 Å². The molecule has 1 aliphatic heterocycles. The summed E-state index contributed by atoms with van der Waals surface area (Å²) in [5.74, 6) is -1.92. The molecule has 1 aliphatic rings. The molecule has 1 saturated heterocycles. The molecule has 0 aliphatic carbocycles. The maximum atomic E-state index is 13.3. The molecule has 8 heteroatoms. The number of nitro groups is 1. The topological polar surface area (TPSA) is 72.7 Å². The fourth-order valence-corrected chi connectivity index (χ4v) is 3.14. The van der Waals surface area contributed by atoms with Crippen LogP contribution in [0.25, 0.3) is 0 Å². The highest BCUT2D eigenvalue weighted by Gasteiger charge is 2.27. The molecular formula is C19H18F2N2O4. The van der Waals surface area contributed by atoms with Crippen LogP contribution in [0, 0.1) is 28.7 Å². The van der Waals surface area contributed by atoms with Crippen LogP contribution in [-0.2, 0) is 0 Å². The van der Waals surface area contributed by atoms with Crippen molar-refractivity contribution in [1.82, 2.24) is 4.90 Å². The van der Waals surface area contributed by atoms with Crippen LogP contribution in [0.4, 0.5) is 14.5 Å². The fourth-order valence-electron chi connectivity index (χ4n) is 3.14. The maximum absolute atomic E-state index is 13.3. The summed E-state index contributed by atoms with van der Waals surface area (Å²) in [6.07, 6.45) is 0.836. The zero-order chi connectivity index (χ0) is 19.6. The maximum Gasteiger partial charge on any atom is 0.273 e. The molecule has 0 saturated carbocycles. The molecule has 0 bridgehead atoms. The number of nitrogens with zero attached hydrogens (tertiary/aromatic N) is 2. The van der Waals surface area contributed by atoms with Crippen molar-refractivity contribution in [3.63, 3.8) is 0 Å². The third-order valence-corrected chi connectivity index (χ3v) is 4.66. The summed E-state index contributed by atoms with van der Waals surface area (Å²) in [6.45, 7) is 2.38. The minimum absolute atomic E-state index is 0.0857. The Labute approximate surface area is 154 Å². The van der Waals surface area contributed by atoms with E-state index in [1.54, 1.807) is 17.9 Å². The van der Waals surface area contributed by atoms with Gasteiger partial charge in [0.15, 0.2) is 11.6 Å². The zero-order valence-electron chi connectivity index (χ0n) is 14.7. The number of carbonyl (C=O) groups is 1. The highest BCUT2D eigenvalue weighted by molar-refractivity contribution is 5.96. The largest absolute Gasteiger partial charge is 0.490 e. The van der Waals surface area contributed by atoms with E-state index in [-0.39, 0.29) is 23.4 Å². The molecule has 1 amide bonds. The summed E-state index contributed by atoms with van der Waals surface area (Å²) >= 11 is 0. The van der Waals surface area contributed by atoms with E-state index in [0.717, 1.165) is 12.1 Å². The molecule has 142 valence electrons. The molecular weight excluding hydrogens is 358 g/mol. The summed E-state index contributed by atoms with van der Waals surface area (Å²) in [5, 5.41) is 11.0. The highest BCUT2D eigenvalue weighted by atomic mass is 19.2. The molecule has 0 radical (unpaired) electrons. The van der Waals surface area contributed by atoms with Gasteiger partial charge in [-0.15, -0.1) is 0 Å². The average Bonchev–Trinajstić information content (AvgIpc) is 2.65. The molecule has 0 unspecified atom stereocenters. The van der Waals surface area contributed by atoms with Crippen LogP contribution >= 0.6 is 0 Å². The van der Waals surface area contributed by atoms with E-state index in [0.29, 0.717) is 37.1 Å². The van der Waals surface area contributed by atoms with Gasteiger partial charge in [0.2, 0.25) is 0 Å². The Kier molecular flexibility index (Phi) is 5.34. The van der Waals surface area contributed by atoms with Crippen molar-refractivity contribution in [2.75, 3.05) is 13.1 Å². The number of ether oxygens (including phenoxy) is 1. The van der Waals surface area contributed by atoms with Gasteiger partial charge in [-0.1, -0.05) is 6.07 Å². The van der Waals surface area contributed by atoms with E-state index in [2.05, 4.69) is 0 Å². The van der Waals surface area contributed by atoms with Gasteiger partial charge >= 0.3 is 0 Å². The number of halogens is 2. The van der Waals surface area contributed by atoms with Gasteiger partial charge in [-0.05, 0) is 25.1 Å². The molecule has 0 atom stereocenters. The van der Waals surface area contributed by atoms with Crippen molar-refractivity contribution in [3.05, 3.63) is 69.3 Å². The standard InChI is InChI=1S/C19H18F2N2O4/c1-12-15(3-2-4-18(12)23(25)26)19(24)22-9-7-13(8-10-22)27-14-5-6-16(20)17(21)11-14/h2-6,11,13H,7-10H2,1H3. The van der Waals surface area contributed by atoms with Crippen LogP contribution in [0.5, 0.6) is 5.75 Å². The number of nitro benzene ring substituents is 1. The summed E-state index contributed by atoms with van der Waals surface area (Å²) < 4.78 is 31.9. The highest BCUT2D eigenvalue weighted by Crippen LogP contribution is 2.25. The Morgan fingerprint density at radius 2 is 1.89 bits per heavy atom. The van der Waals surface area contributed by atoms with Crippen molar-refractivity contribution in [3.8, 4) is 5.75 Å². The van der Waals surface area contributed by atoms with E-state index in [1.807, 2.05) is 0 Å². The summed E-state index contributed by atoms with van der Waals surface area (Å²) in [7, 11) is 0. The Bertz CT molecular complexity index is 880. The summed E-state index contributed by atoms with van der Waals surface area (Å²) in [6, 6.07) is 7.82. The lowest BCUT2D eigenvalue weighted by molar-refractivity contribution is -0.385. The third kappa shape index (κ3) is 4.05. The molecule has 2 aromatic rings. The summed E-state index contributed by atoms with van der Waals surface area (Å²) in [4.78, 5) is 24.9. The number of amides is 1. The van der Waals surface area contributed by atoms with Gasteiger partial charge in [-0.3, -0.25) is 14.9 Å². The van der Waals surface area contributed by atoms with Gasteiger partial charge in [-0.25, -0.2) is 8.78 Å². The summed E-state index contributed by atoms with van der Waals surface area (Å²) in [5.41, 5.74) is 0.564. The minimum Gasteiger partial charge on any atom is -0.490 e. The van der Waals surface area contributed by atoms with E-state index >= 15 is 0 Å². The second kappa shape index (κ2) is 7.69. The number of hydrogen-bond acceptors (Lipinski definition) is 4. The van der Waals surface area contributed by atoms with Crippen molar-refractivity contribution < 1.29 is 23.2 Å². The molecule has 6 nitrogen and oxygen atoms in total. The van der Waals surface area contributed by atoms with Gasteiger partial charge in [0.25, 0.3) is 11.6 Å². The second-order valence-corrected chi connectivity index (χ2v) is 6.39.